The number of aromatic nitrogens is 1. The predicted molar refractivity (Wildman–Crippen MR) is 86.6 cm³/mol. The Morgan fingerprint density at radius 1 is 1.29 bits per heavy atom. The molecule has 1 aliphatic heterocycles. The molecule has 0 spiro atoms. The highest BCUT2D eigenvalue weighted by Crippen LogP contribution is 2.35. The summed E-state index contributed by atoms with van der Waals surface area (Å²) in [4.78, 5) is 16.8. The Morgan fingerprint density at radius 3 is 2.62 bits per heavy atom. The predicted octanol–water partition coefficient (Wildman–Crippen LogP) is 4.02. The Morgan fingerprint density at radius 2 is 2.00 bits per heavy atom. The highest BCUT2D eigenvalue weighted by molar-refractivity contribution is 5.84. The van der Waals surface area contributed by atoms with Gasteiger partial charge in [-0.25, -0.2) is 0 Å². The number of piperidine rings is 1. The molecular formula is C18H24N2O. The van der Waals surface area contributed by atoms with Gasteiger partial charge in [-0.2, -0.15) is 0 Å². The van der Waals surface area contributed by atoms with E-state index in [1.165, 1.54) is 22.0 Å². The van der Waals surface area contributed by atoms with Gasteiger partial charge in [-0.3, -0.25) is 4.79 Å². The standard InChI is InChI=1S/C18H24N2O/c1-12(2)15-10-17(16-4-7-19-18(16)11-15)14-5-8-20(9-6-14)13(3)21/h4,7,10-12,14,19H,5-6,8-9H2,1-3H3. The molecule has 1 aliphatic rings. The van der Waals surface area contributed by atoms with Gasteiger partial charge in [0.25, 0.3) is 0 Å². The molecule has 1 saturated heterocycles. The number of hydrogen-bond acceptors (Lipinski definition) is 1. The van der Waals surface area contributed by atoms with Crippen molar-refractivity contribution in [1.82, 2.24) is 9.88 Å². The molecule has 0 bridgehead atoms. The van der Waals surface area contributed by atoms with E-state index in [0.29, 0.717) is 11.8 Å². The Hall–Kier alpha value is -1.77. The Bertz CT molecular complexity index is 648. The molecule has 0 unspecified atom stereocenters. The lowest BCUT2D eigenvalue weighted by Crippen LogP contribution is -2.36. The van der Waals surface area contributed by atoms with E-state index in [-0.39, 0.29) is 5.91 Å². The molecule has 2 heterocycles. The molecule has 112 valence electrons. The molecule has 0 atom stereocenters. The van der Waals surface area contributed by atoms with Crippen LogP contribution >= 0.6 is 0 Å². The van der Waals surface area contributed by atoms with E-state index in [4.69, 9.17) is 0 Å². The number of rotatable bonds is 2. The summed E-state index contributed by atoms with van der Waals surface area (Å²) in [5.74, 6) is 1.31. The number of amides is 1. The number of aromatic amines is 1. The van der Waals surface area contributed by atoms with Gasteiger partial charge in [0.1, 0.15) is 0 Å². The van der Waals surface area contributed by atoms with Gasteiger partial charge >= 0.3 is 0 Å². The van der Waals surface area contributed by atoms with E-state index in [2.05, 4.69) is 37.0 Å². The zero-order chi connectivity index (χ0) is 15.0. The number of fused-ring (bicyclic) bond motifs is 1. The van der Waals surface area contributed by atoms with Crippen LogP contribution in [0.3, 0.4) is 0 Å². The van der Waals surface area contributed by atoms with Gasteiger partial charge in [0.15, 0.2) is 0 Å². The van der Waals surface area contributed by atoms with Crippen LogP contribution in [0.25, 0.3) is 10.9 Å². The minimum absolute atomic E-state index is 0.205. The van der Waals surface area contributed by atoms with Crippen LogP contribution in [-0.4, -0.2) is 28.9 Å². The van der Waals surface area contributed by atoms with Crippen molar-refractivity contribution in [2.75, 3.05) is 13.1 Å². The third-order valence-electron chi connectivity index (χ3n) is 4.77. The third kappa shape index (κ3) is 2.69. The lowest BCUT2D eigenvalue weighted by atomic mass is 9.85. The molecule has 1 aromatic heterocycles. The van der Waals surface area contributed by atoms with Crippen molar-refractivity contribution in [1.29, 1.82) is 0 Å². The fourth-order valence-corrected chi connectivity index (χ4v) is 3.40. The minimum atomic E-state index is 0.205. The molecule has 1 N–H and O–H groups in total. The maximum Gasteiger partial charge on any atom is 0.219 e. The van der Waals surface area contributed by atoms with E-state index in [0.717, 1.165) is 25.9 Å². The summed E-state index contributed by atoms with van der Waals surface area (Å²) in [6.45, 7) is 7.93. The van der Waals surface area contributed by atoms with Crippen LogP contribution in [0.4, 0.5) is 0 Å². The average molecular weight is 284 g/mol. The van der Waals surface area contributed by atoms with Gasteiger partial charge < -0.3 is 9.88 Å². The van der Waals surface area contributed by atoms with Gasteiger partial charge in [0.2, 0.25) is 5.91 Å². The molecule has 1 aromatic carbocycles. The van der Waals surface area contributed by atoms with Crippen molar-refractivity contribution < 1.29 is 4.79 Å². The number of hydrogen-bond donors (Lipinski definition) is 1. The van der Waals surface area contributed by atoms with E-state index < -0.39 is 0 Å². The first kappa shape index (κ1) is 14.2. The fourth-order valence-electron chi connectivity index (χ4n) is 3.40. The zero-order valence-corrected chi connectivity index (χ0v) is 13.1. The molecule has 0 radical (unpaired) electrons. The minimum Gasteiger partial charge on any atom is -0.361 e. The lowest BCUT2D eigenvalue weighted by Gasteiger charge is -2.32. The Balaban J connectivity index is 1.93. The Labute approximate surface area is 126 Å². The summed E-state index contributed by atoms with van der Waals surface area (Å²) < 4.78 is 0. The SMILES string of the molecule is CC(=O)N1CCC(c2cc(C(C)C)cc3[nH]ccc23)CC1. The average Bonchev–Trinajstić information content (AvgIpc) is 2.94. The van der Waals surface area contributed by atoms with Crippen LogP contribution in [0, 0.1) is 0 Å². The number of benzene rings is 1. The number of nitrogens with zero attached hydrogens (tertiary/aromatic N) is 1. The zero-order valence-electron chi connectivity index (χ0n) is 13.1. The summed E-state index contributed by atoms with van der Waals surface area (Å²) in [6, 6.07) is 6.84. The van der Waals surface area contributed by atoms with Gasteiger partial charge in [-0.05, 0) is 47.9 Å². The first-order valence-electron chi connectivity index (χ1n) is 7.92. The van der Waals surface area contributed by atoms with Crippen LogP contribution in [0.5, 0.6) is 0 Å². The van der Waals surface area contributed by atoms with Gasteiger partial charge in [0, 0.05) is 37.1 Å². The molecular weight excluding hydrogens is 260 g/mol. The van der Waals surface area contributed by atoms with E-state index in [1.54, 1.807) is 6.92 Å². The second-order valence-corrected chi connectivity index (χ2v) is 6.48. The summed E-state index contributed by atoms with van der Waals surface area (Å²) in [5.41, 5.74) is 4.10. The highest BCUT2D eigenvalue weighted by Gasteiger charge is 2.24. The number of carbonyl (C=O) groups excluding carboxylic acids is 1. The van der Waals surface area contributed by atoms with Crippen molar-refractivity contribution in [3.8, 4) is 0 Å². The van der Waals surface area contributed by atoms with Crippen LogP contribution in [-0.2, 0) is 4.79 Å². The van der Waals surface area contributed by atoms with Crippen LogP contribution in [0.2, 0.25) is 0 Å². The molecule has 1 fully saturated rings. The molecule has 2 aromatic rings. The van der Waals surface area contributed by atoms with Crippen molar-refractivity contribution in [2.45, 2.75) is 45.4 Å². The van der Waals surface area contributed by atoms with Crippen LogP contribution in [0.1, 0.15) is 56.6 Å². The molecule has 0 saturated carbocycles. The summed E-state index contributed by atoms with van der Waals surface area (Å²) in [7, 11) is 0. The monoisotopic (exact) mass is 284 g/mol. The largest absolute Gasteiger partial charge is 0.361 e. The van der Waals surface area contributed by atoms with E-state index >= 15 is 0 Å². The molecule has 3 heteroatoms. The Kier molecular flexibility index (Phi) is 3.75. The maximum absolute atomic E-state index is 11.5. The normalized spacial score (nSPS) is 16.9. The van der Waals surface area contributed by atoms with Crippen molar-refractivity contribution in [3.63, 3.8) is 0 Å². The van der Waals surface area contributed by atoms with Crippen molar-refractivity contribution >= 4 is 16.8 Å². The molecule has 0 aliphatic carbocycles. The smallest absolute Gasteiger partial charge is 0.219 e. The van der Waals surface area contributed by atoms with Crippen LogP contribution < -0.4 is 0 Å². The first-order chi connectivity index (χ1) is 10.1. The third-order valence-corrected chi connectivity index (χ3v) is 4.77. The first-order valence-corrected chi connectivity index (χ1v) is 7.92. The van der Waals surface area contributed by atoms with Crippen molar-refractivity contribution in [3.05, 3.63) is 35.5 Å². The molecule has 21 heavy (non-hydrogen) atoms. The molecule has 1 amide bonds. The fraction of sp³-hybridized carbons (Fsp3) is 0.500. The number of H-pyrrole nitrogens is 1. The molecule has 3 rings (SSSR count). The van der Waals surface area contributed by atoms with E-state index in [9.17, 15) is 4.79 Å². The molecule has 3 nitrogen and oxygen atoms in total. The van der Waals surface area contributed by atoms with Crippen molar-refractivity contribution in [2.24, 2.45) is 0 Å². The number of likely N-dealkylation sites (tertiary alicyclic amines) is 1. The van der Waals surface area contributed by atoms with E-state index in [1.807, 2.05) is 11.1 Å². The maximum atomic E-state index is 11.5. The van der Waals surface area contributed by atoms with Gasteiger partial charge in [-0.1, -0.05) is 19.9 Å². The topological polar surface area (TPSA) is 36.1 Å². The second-order valence-electron chi connectivity index (χ2n) is 6.48. The number of carbonyl (C=O) groups is 1. The highest BCUT2D eigenvalue weighted by atomic mass is 16.2. The quantitative estimate of drug-likeness (QED) is 0.888. The van der Waals surface area contributed by atoms with Gasteiger partial charge in [-0.15, -0.1) is 0 Å². The van der Waals surface area contributed by atoms with Crippen LogP contribution in [0.15, 0.2) is 24.4 Å². The van der Waals surface area contributed by atoms with Gasteiger partial charge in [0.05, 0.1) is 0 Å². The summed E-state index contributed by atoms with van der Waals surface area (Å²) >= 11 is 0. The summed E-state index contributed by atoms with van der Waals surface area (Å²) in [5, 5.41) is 1.35. The number of nitrogens with one attached hydrogen (secondary N) is 1. The second kappa shape index (κ2) is 5.55. The summed E-state index contributed by atoms with van der Waals surface area (Å²) in [6.07, 6.45) is 4.17. The lowest BCUT2D eigenvalue weighted by molar-refractivity contribution is -0.129.